The van der Waals surface area contributed by atoms with Crippen molar-refractivity contribution in [3.63, 3.8) is 0 Å². The van der Waals surface area contributed by atoms with Crippen LogP contribution in [0, 0.1) is 5.82 Å². The number of amides is 1. The van der Waals surface area contributed by atoms with E-state index in [1.54, 1.807) is 48.5 Å². The van der Waals surface area contributed by atoms with Gasteiger partial charge in [0.2, 0.25) is 0 Å². The molecule has 3 aromatic rings. The third-order valence-corrected chi connectivity index (χ3v) is 7.19. The van der Waals surface area contributed by atoms with Gasteiger partial charge in [0.05, 0.1) is 23.2 Å². The van der Waals surface area contributed by atoms with Gasteiger partial charge in [-0.3, -0.25) is 9.59 Å². The number of carbonyl (C=O) groups excluding carboxylic acids is 3. The van der Waals surface area contributed by atoms with Gasteiger partial charge in [-0.25, -0.2) is 9.18 Å². The van der Waals surface area contributed by atoms with Gasteiger partial charge in [0.25, 0.3) is 5.91 Å². The zero-order chi connectivity index (χ0) is 29.6. The maximum Gasteiger partial charge on any atom is 0.494 e. The Morgan fingerprint density at radius 3 is 1.90 bits per heavy atom. The quantitative estimate of drug-likeness (QED) is 0.294. The van der Waals surface area contributed by atoms with E-state index in [0.29, 0.717) is 5.46 Å². The van der Waals surface area contributed by atoms with Gasteiger partial charge in [0.15, 0.2) is 0 Å². The molecule has 41 heavy (non-hydrogen) atoms. The molecule has 4 rings (SSSR count). The third kappa shape index (κ3) is 7.59. The molecule has 1 aliphatic heterocycles. The average molecular weight is 561 g/mol. The van der Waals surface area contributed by atoms with E-state index in [-0.39, 0.29) is 18.8 Å². The summed E-state index contributed by atoms with van der Waals surface area (Å²) in [5.41, 5.74) is 0.336. The number of carbonyl (C=O) groups is 3. The van der Waals surface area contributed by atoms with Gasteiger partial charge in [0.1, 0.15) is 25.1 Å². The summed E-state index contributed by atoms with van der Waals surface area (Å²) in [5.74, 6) is -3.31. The second-order valence-corrected chi connectivity index (χ2v) is 10.8. The van der Waals surface area contributed by atoms with E-state index < -0.39 is 54.4 Å². The number of hydrogen-bond acceptors (Lipinski definition) is 7. The highest BCUT2D eigenvalue weighted by molar-refractivity contribution is 6.62. The van der Waals surface area contributed by atoms with E-state index >= 15 is 4.39 Å². The van der Waals surface area contributed by atoms with Gasteiger partial charge in [0, 0.05) is 0 Å². The van der Waals surface area contributed by atoms with Crippen molar-refractivity contribution in [3.8, 4) is 0 Å². The molecule has 1 fully saturated rings. The Morgan fingerprint density at radius 2 is 1.37 bits per heavy atom. The predicted molar refractivity (Wildman–Crippen MR) is 150 cm³/mol. The normalized spacial score (nSPS) is 16.1. The molecule has 1 aliphatic rings. The minimum Gasteiger partial charge on any atom is -0.461 e. The van der Waals surface area contributed by atoms with Gasteiger partial charge in [-0.2, -0.15) is 0 Å². The van der Waals surface area contributed by atoms with Gasteiger partial charge >= 0.3 is 19.1 Å². The highest BCUT2D eigenvalue weighted by Crippen LogP contribution is 2.36. The molecule has 0 radical (unpaired) electrons. The monoisotopic (exact) mass is 561 g/mol. The highest BCUT2D eigenvalue weighted by atomic mass is 19.1. The minimum absolute atomic E-state index is 0.00554. The molecule has 1 amide bonds. The molecule has 0 spiro atoms. The van der Waals surface area contributed by atoms with Crippen LogP contribution in [0.15, 0.2) is 78.9 Å². The van der Waals surface area contributed by atoms with E-state index in [1.807, 2.05) is 39.8 Å². The van der Waals surface area contributed by atoms with E-state index in [0.717, 1.165) is 17.2 Å². The molecular formula is C31H33BFNO7. The lowest BCUT2D eigenvalue weighted by molar-refractivity contribution is -0.153. The number of halogens is 1. The first-order chi connectivity index (χ1) is 19.4. The van der Waals surface area contributed by atoms with Crippen molar-refractivity contribution in [1.82, 2.24) is 5.32 Å². The first kappa shape index (κ1) is 30.0. The molecule has 1 atom stereocenters. The Bertz CT molecular complexity index is 1370. The predicted octanol–water partition coefficient (Wildman–Crippen LogP) is 4.10. The molecule has 0 aliphatic carbocycles. The highest BCUT2D eigenvalue weighted by Gasteiger charge is 2.51. The second kappa shape index (κ2) is 12.7. The van der Waals surface area contributed by atoms with Crippen molar-refractivity contribution in [3.05, 3.63) is 101 Å². The fraction of sp³-hybridized carbons (Fsp3) is 0.323. The van der Waals surface area contributed by atoms with E-state index in [1.165, 1.54) is 12.1 Å². The first-order valence-corrected chi connectivity index (χ1v) is 13.3. The summed E-state index contributed by atoms with van der Waals surface area (Å²) in [4.78, 5) is 38.6. The minimum atomic E-state index is -1.41. The summed E-state index contributed by atoms with van der Waals surface area (Å²) in [6.45, 7) is 7.46. The van der Waals surface area contributed by atoms with Gasteiger partial charge in [-0.15, -0.1) is 0 Å². The molecule has 8 nitrogen and oxygen atoms in total. The Morgan fingerprint density at radius 1 is 0.829 bits per heavy atom. The molecule has 10 heteroatoms. The zero-order valence-corrected chi connectivity index (χ0v) is 23.5. The lowest BCUT2D eigenvalue weighted by Gasteiger charge is -2.32. The maximum atomic E-state index is 15.2. The van der Waals surface area contributed by atoms with E-state index in [9.17, 15) is 14.4 Å². The Labute approximate surface area is 239 Å². The van der Waals surface area contributed by atoms with Crippen LogP contribution < -0.4 is 10.8 Å². The van der Waals surface area contributed by atoms with E-state index in [2.05, 4.69) is 5.32 Å². The number of ether oxygens (including phenoxy) is 2. The lowest BCUT2D eigenvalue weighted by Crippen LogP contribution is -2.44. The van der Waals surface area contributed by atoms with Crippen molar-refractivity contribution in [2.75, 3.05) is 0 Å². The third-order valence-electron chi connectivity index (χ3n) is 7.19. The van der Waals surface area contributed by atoms with Gasteiger partial charge in [-0.1, -0.05) is 66.7 Å². The summed E-state index contributed by atoms with van der Waals surface area (Å²) < 4.78 is 37.7. The average Bonchev–Trinajstić information content (AvgIpc) is 3.17. The van der Waals surface area contributed by atoms with Gasteiger partial charge < -0.3 is 24.1 Å². The first-order valence-electron chi connectivity index (χ1n) is 13.3. The molecule has 0 saturated carbocycles. The standard InChI is InChI=1S/C31H33BFNO7/c1-30(2)31(3,4)41-32(40-30)23-15-16-24(25(33)17-23)28(36)34-26(29(37)39-20-22-13-9-6-10-14-22)18-27(35)38-19-21-11-7-5-8-12-21/h5-17,26H,18-20H2,1-4H3,(H,34,36)/t26-/m0/s1. The number of hydrogen-bond donors (Lipinski definition) is 1. The van der Waals surface area contributed by atoms with Crippen molar-refractivity contribution >= 4 is 30.4 Å². The van der Waals surface area contributed by atoms with Crippen LogP contribution in [-0.2, 0) is 41.6 Å². The van der Waals surface area contributed by atoms with Crippen molar-refractivity contribution < 1.29 is 37.6 Å². The lowest BCUT2D eigenvalue weighted by atomic mass is 9.78. The van der Waals surface area contributed by atoms with Gasteiger partial charge in [-0.05, 0) is 56.4 Å². The molecule has 0 unspecified atom stereocenters. The molecular weight excluding hydrogens is 528 g/mol. The van der Waals surface area contributed by atoms with Crippen LogP contribution in [0.5, 0.6) is 0 Å². The van der Waals surface area contributed by atoms with Crippen LogP contribution >= 0.6 is 0 Å². The second-order valence-electron chi connectivity index (χ2n) is 10.8. The molecule has 0 bridgehead atoms. The molecule has 214 valence electrons. The van der Waals surface area contributed by atoms with Crippen LogP contribution in [0.3, 0.4) is 0 Å². The Balaban J connectivity index is 1.45. The fourth-order valence-electron chi connectivity index (χ4n) is 4.06. The van der Waals surface area contributed by atoms with Crippen molar-refractivity contribution in [2.24, 2.45) is 0 Å². The van der Waals surface area contributed by atoms with Crippen LogP contribution in [-0.4, -0.2) is 42.2 Å². The topological polar surface area (TPSA) is 100 Å². The van der Waals surface area contributed by atoms with Crippen LogP contribution in [0.2, 0.25) is 0 Å². The van der Waals surface area contributed by atoms with Crippen LogP contribution in [0.25, 0.3) is 0 Å². The fourth-order valence-corrected chi connectivity index (χ4v) is 4.06. The summed E-state index contributed by atoms with van der Waals surface area (Å²) in [6.07, 6.45) is -0.500. The van der Waals surface area contributed by atoms with Crippen LogP contribution in [0.1, 0.15) is 55.6 Å². The summed E-state index contributed by atoms with van der Waals surface area (Å²) >= 11 is 0. The number of rotatable bonds is 10. The molecule has 0 aromatic heterocycles. The van der Waals surface area contributed by atoms with Crippen LogP contribution in [0.4, 0.5) is 4.39 Å². The Hall–Kier alpha value is -4.02. The van der Waals surface area contributed by atoms with E-state index in [4.69, 9.17) is 18.8 Å². The zero-order valence-electron chi connectivity index (χ0n) is 23.5. The SMILES string of the molecule is CC1(C)OB(c2ccc(C(=O)N[C@@H](CC(=O)OCc3ccccc3)C(=O)OCc3ccccc3)c(F)c2)OC1(C)C. The van der Waals surface area contributed by atoms with Crippen molar-refractivity contribution in [1.29, 1.82) is 0 Å². The number of nitrogens with one attached hydrogen (secondary N) is 1. The van der Waals surface area contributed by atoms with Crippen molar-refractivity contribution in [2.45, 2.75) is 64.6 Å². The molecule has 1 saturated heterocycles. The summed E-state index contributed by atoms with van der Waals surface area (Å²) in [7, 11) is -0.813. The molecule has 3 aromatic carbocycles. The number of esters is 2. The smallest absolute Gasteiger partial charge is 0.461 e. The Kier molecular flexibility index (Phi) is 9.25. The summed E-state index contributed by atoms with van der Waals surface area (Å²) in [6, 6.07) is 20.5. The molecule has 1 N–H and O–H groups in total. The largest absolute Gasteiger partial charge is 0.494 e. The molecule has 1 heterocycles. The number of benzene rings is 3. The maximum absolute atomic E-state index is 15.2. The summed E-state index contributed by atoms with van der Waals surface area (Å²) in [5, 5.41) is 2.44.